The van der Waals surface area contributed by atoms with Crippen LogP contribution in [0.25, 0.3) is 11.1 Å². The molecule has 2 heteroatoms. The van der Waals surface area contributed by atoms with Gasteiger partial charge in [-0.15, -0.1) is 6.42 Å². The van der Waals surface area contributed by atoms with E-state index in [-0.39, 0.29) is 11.1 Å². The van der Waals surface area contributed by atoms with Gasteiger partial charge >= 0.3 is 0 Å². The van der Waals surface area contributed by atoms with Crippen molar-refractivity contribution < 1.29 is 8.78 Å². The SMILES string of the molecule is C#Cc1c(F)cc(C#Cc2ccc3c(c2)Cc2cc(CCCCCCC)ccc2-3)cc1F. The summed E-state index contributed by atoms with van der Waals surface area (Å²) >= 11 is 0. The Kier molecular flexibility index (Phi) is 6.72. The highest BCUT2D eigenvalue weighted by atomic mass is 19.1. The van der Waals surface area contributed by atoms with Crippen LogP contribution in [-0.2, 0) is 12.8 Å². The Hall–Kier alpha value is -3.36. The van der Waals surface area contributed by atoms with E-state index in [1.54, 1.807) is 0 Å². The number of fused-ring (bicyclic) bond motifs is 3. The van der Waals surface area contributed by atoms with Crippen molar-refractivity contribution in [3.63, 3.8) is 0 Å². The van der Waals surface area contributed by atoms with Crippen molar-refractivity contribution in [3.05, 3.63) is 93.5 Å². The molecule has 4 rings (SSSR count). The molecular formula is C30H26F2. The highest BCUT2D eigenvalue weighted by molar-refractivity contribution is 5.77. The number of terminal acetylenes is 1. The van der Waals surface area contributed by atoms with Crippen LogP contribution in [0.1, 0.15) is 72.4 Å². The molecule has 0 fully saturated rings. The molecule has 0 N–H and O–H groups in total. The first-order valence-corrected chi connectivity index (χ1v) is 11.3. The summed E-state index contributed by atoms with van der Waals surface area (Å²) in [6.45, 7) is 2.24. The zero-order chi connectivity index (χ0) is 22.5. The van der Waals surface area contributed by atoms with Gasteiger partial charge in [0, 0.05) is 11.1 Å². The molecule has 0 aromatic heterocycles. The summed E-state index contributed by atoms with van der Waals surface area (Å²) in [5.41, 5.74) is 7.30. The van der Waals surface area contributed by atoms with Crippen molar-refractivity contribution in [1.82, 2.24) is 0 Å². The van der Waals surface area contributed by atoms with Crippen molar-refractivity contribution in [2.24, 2.45) is 0 Å². The minimum Gasteiger partial charge on any atom is -0.205 e. The Morgan fingerprint density at radius 2 is 1.44 bits per heavy atom. The second-order valence-electron chi connectivity index (χ2n) is 8.41. The molecule has 160 valence electrons. The monoisotopic (exact) mass is 424 g/mol. The number of hydrogen-bond donors (Lipinski definition) is 0. The first kappa shape index (κ1) is 21.9. The lowest BCUT2D eigenvalue weighted by molar-refractivity contribution is 0.577. The third-order valence-electron chi connectivity index (χ3n) is 6.05. The van der Waals surface area contributed by atoms with E-state index in [9.17, 15) is 8.78 Å². The number of aryl methyl sites for hydroxylation is 1. The fourth-order valence-electron chi connectivity index (χ4n) is 4.36. The van der Waals surface area contributed by atoms with Gasteiger partial charge < -0.3 is 0 Å². The first-order valence-electron chi connectivity index (χ1n) is 11.3. The second-order valence-corrected chi connectivity index (χ2v) is 8.41. The molecule has 0 unspecified atom stereocenters. The van der Waals surface area contributed by atoms with Crippen LogP contribution in [-0.4, -0.2) is 0 Å². The Morgan fingerprint density at radius 3 is 2.16 bits per heavy atom. The zero-order valence-electron chi connectivity index (χ0n) is 18.4. The van der Waals surface area contributed by atoms with Gasteiger partial charge in [-0.25, -0.2) is 8.78 Å². The molecule has 3 aromatic rings. The van der Waals surface area contributed by atoms with E-state index in [2.05, 4.69) is 49.1 Å². The van der Waals surface area contributed by atoms with Gasteiger partial charge in [-0.2, -0.15) is 0 Å². The maximum absolute atomic E-state index is 13.9. The number of benzene rings is 3. The summed E-state index contributed by atoms with van der Waals surface area (Å²) < 4.78 is 27.8. The molecule has 0 bridgehead atoms. The van der Waals surface area contributed by atoms with Crippen LogP contribution in [0.15, 0.2) is 48.5 Å². The molecule has 32 heavy (non-hydrogen) atoms. The van der Waals surface area contributed by atoms with Crippen LogP contribution in [0.2, 0.25) is 0 Å². The smallest absolute Gasteiger partial charge is 0.143 e. The second kappa shape index (κ2) is 9.84. The Bertz CT molecular complexity index is 1230. The van der Waals surface area contributed by atoms with Crippen LogP contribution in [0, 0.1) is 35.8 Å². The summed E-state index contributed by atoms with van der Waals surface area (Å²) in [5, 5.41) is 0. The van der Waals surface area contributed by atoms with Gasteiger partial charge in [0.15, 0.2) is 0 Å². The highest BCUT2D eigenvalue weighted by Crippen LogP contribution is 2.37. The number of halogens is 2. The standard InChI is InChI=1S/C30H26F2/c1-3-5-6-7-8-9-21-12-14-27-24(16-21)20-25-17-22(13-15-28(25)27)10-11-23-18-29(31)26(4-2)30(32)19-23/h2,12-19H,3,5-9,20H2,1H3. The van der Waals surface area contributed by atoms with E-state index < -0.39 is 11.6 Å². The summed E-state index contributed by atoms with van der Waals surface area (Å²) in [4.78, 5) is 0. The molecule has 0 heterocycles. The molecule has 0 saturated carbocycles. The molecule has 1 aliphatic rings. The Balaban J connectivity index is 1.48. The fraction of sp³-hybridized carbons (Fsp3) is 0.267. The van der Waals surface area contributed by atoms with Crippen molar-refractivity contribution in [1.29, 1.82) is 0 Å². The minimum atomic E-state index is -0.762. The first-order chi connectivity index (χ1) is 15.6. The van der Waals surface area contributed by atoms with Crippen LogP contribution in [0.5, 0.6) is 0 Å². The van der Waals surface area contributed by atoms with E-state index in [4.69, 9.17) is 6.42 Å². The maximum Gasteiger partial charge on any atom is 0.143 e. The molecular weight excluding hydrogens is 398 g/mol. The predicted octanol–water partition coefficient (Wildman–Crippen LogP) is 7.43. The number of rotatable bonds is 6. The molecule has 0 saturated heterocycles. The number of unbranched alkanes of at least 4 members (excludes halogenated alkanes) is 4. The van der Waals surface area contributed by atoms with Crippen molar-refractivity contribution >= 4 is 0 Å². The highest BCUT2D eigenvalue weighted by Gasteiger charge is 2.18. The molecule has 0 atom stereocenters. The lowest BCUT2D eigenvalue weighted by atomic mass is 9.99. The van der Waals surface area contributed by atoms with Gasteiger partial charge in [-0.3, -0.25) is 0 Å². The van der Waals surface area contributed by atoms with E-state index >= 15 is 0 Å². The maximum atomic E-state index is 13.9. The van der Waals surface area contributed by atoms with Gasteiger partial charge in [-0.1, -0.05) is 74.6 Å². The Labute approximate surface area is 189 Å². The third kappa shape index (κ3) is 4.76. The lowest BCUT2D eigenvalue weighted by Crippen LogP contribution is -1.92. The molecule has 0 radical (unpaired) electrons. The van der Waals surface area contributed by atoms with Gasteiger partial charge in [0.2, 0.25) is 0 Å². The molecule has 1 aliphatic carbocycles. The topological polar surface area (TPSA) is 0 Å². The minimum absolute atomic E-state index is 0.270. The van der Waals surface area contributed by atoms with Gasteiger partial charge in [0.25, 0.3) is 0 Å². The average Bonchev–Trinajstić information content (AvgIpc) is 3.14. The molecule has 0 spiro atoms. The van der Waals surface area contributed by atoms with Gasteiger partial charge in [0.1, 0.15) is 11.6 Å². The van der Waals surface area contributed by atoms with Crippen molar-refractivity contribution in [2.45, 2.75) is 51.9 Å². The zero-order valence-corrected chi connectivity index (χ0v) is 18.4. The van der Waals surface area contributed by atoms with Gasteiger partial charge in [0.05, 0.1) is 5.56 Å². The molecule has 0 amide bonds. The molecule has 3 aromatic carbocycles. The molecule has 0 aliphatic heterocycles. The number of hydrogen-bond acceptors (Lipinski definition) is 0. The molecule has 0 nitrogen and oxygen atoms in total. The average molecular weight is 425 g/mol. The fourth-order valence-corrected chi connectivity index (χ4v) is 4.36. The van der Waals surface area contributed by atoms with E-state index in [1.165, 1.54) is 72.1 Å². The summed E-state index contributed by atoms with van der Waals surface area (Å²) in [6, 6.07) is 15.3. The summed E-state index contributed by atoms with van der Waals surface area (Å²) in [6.07, 6.45) is 13.6. The third-order valence-corrected chi connectivity index (χ3v) is 6.05. The van der Waals surface area contributed by atoms with E-state index in [1.807, 2.05) is 12.0 Å². The lowest BCUT2D eigenvalue weighted by Gasteiger charge is -2.06. The Morgan fingerprint density at radius 1 is 0.781 bits per heavy atom. The summed E-state index contributed by atoms with van der Waals surface area (Å²) in [7, 11) is 0. The van der Waals surface area contributed by atoms with Crippen LogP contribution in [0.4, 0.5) is 8.78 Å². The van der Waals surface area contributed by atoms with Crippen LogP contribution in [0.3, 0.4) is 0 Å². The van der Waals surface area contributed by atoms with E-state index in [0.717, 1.165) is 18.4 Å². The van der Waals surface area contributed by atoms with Crippen LogP contribution < -0.4 is 0 Å². The van der Waals surface area contributed by atoms with Crippen molar-refractivity contribution in [2.75, 3.05) is 0 Å². The quantitative estimate of drug-likeness (QED) is 0.223. The van der Waals surface area contributed by atoms with E-state index in [0.29, 0.717) is 0 Å². The predicted molar refractivity (Wildman–Crippen MR) is 127 cm³/mol. The van der Waals surface area contributed by atoms with Crippen molar-refractivity contribution in [3.8, 4) is 35.3 Å². The normalized spacial score (nSPS) is 11.3. The largest absolute Gasteiger partial charge is 0.205 e. The van der Waals surface area contributed by atoms with Gasteiger partial charge in [-0.05, 0) is 71.3 Å². The summed E-state index contributed by atoms with van der Waals surface area (Å²) in [5.74, 6) is 6.39. The van der Waals surface area contributed by atoms with Crippen LogP contribution >= 0.6 is 0 Å².